The van der Waals surface area contributed by atoms with Crippen molar-refractivity contribution in [2.75, 3.05) is 0 Å². The second kappa shape index (κ2) is 8.58. The van der Waals surface area contributed by atoms with E-state index in [4.69, 9.17) is 0 Å². The quantitative estimate of drug-likeness (QED) is 0.176. The molecule has 0 radical (unpaired) electrons. The van der Waals surface area contributed by atoms with Crippen LogP contribution in [0.1, 0.15) is 0 Å². The van der Waals surface area contributed by atoms with E-state index in [0.29, 0.717) is 0 Å². The first-order chi connectivity index (χ1) is 17.7. The molecule has 0 spiro atoms. The van der Waals surface area contributed by atoms with Crippen molar-refractivity contribution in [2.24, 2.45) is 0 Å². The maximum absolute atomic E-state index is 3.97. The van der Waals surface area contributed by atoms with Crippen molar-refractivity contribution in [3.63, 3.8) is 0 Å². The molecule has 0 heterocycles. The topological polar surface area (TPSA) is 0 Å². The summed E-state index contributed by atoms with van der Waals surface area (Å²) >= 11 is 7.95. The summed E-state index contributed by atoms with van der Waals surface area (Å²) in [5.41, 5.74) is 4.95. The Morgan fingerprint density at radius 2 is 0.750 bits per heavy atom. The fourth-order valence-corrected chi connectivity index (χ4v) is 6.76. The second-order valence-corrected chi connectivity index (χ2v) is 10.8. The summed E-state index contributed by atoms with van der Waals surface area (Å²) in [5.74, 6) is 0. The SMILES string of the molecule is Brc1c2ccc(-c3cccc4ccccc34)cc2c(Br)c2ccc(-c3cccc4ccccc34)cc12. The van der Waals surface area contributed by atoms with Crippen LogP contribution >= 0.6 is 31.9 Å². The van der Waals surface area contributed by atoms with Gasteiger partial charge in [0.25, 0.3) is 0 Å². The smallest absolute Gasteiger partial charge is 0.0333 e. The van der Waals surface area contributed by atoms with Gasteiger partial charge in [-0.2, -0.15) is 0 Å². The first kappa shape index (κ1) is 21.8. The maximum Gasteiger partial charge on any atom is 0.0333 e. The van der Waals surface area contributed by atoms with E-state index in [1.54, 1.807) is 0 Å². The van der Waals surface area contributed by atoms with Gasteiger partial charge in [-0.15, -0.1) is 0 Å². The highest BCUT2D eigenvalue weighted by atomic mass is 79.9. The summed E-state index contributed by atoms with van der Waals surface area (Å²) in [4.78, 5) is 0. The molecule has 0 aliphatic heterocycles. The van der Waals surface area contributed by atoms with Gasteiger partial charge in [-0.05, 0) is 109 Å². The minimum Gasteiger partial charge on any atom is -0.0616 e. The second-order valence-electron chi connectivity index (χ2n) is 9.20. The predicted octanol–water partition coefficient (Wildman–Crippen LogP) is 11.2. The van der Waals surface area contributed by atoms with Crippen molar-refractivity contribution in [2.45, 2.75) is 0 Å². The van der Waals surface area contributed by atoms with Gasteiger partial charge in [0.2, 0.25) is 0 Å². The van der Waals surface area contributed by atoms with Gasteiger partial charge in [-0.1, -0.05) is 109 Å². The van der Waals surface area contributed by atoms with Gasteiger partial charge in [-0.25, -0.2) is 0 Å². The van der Waals surface area contributed by atoms with E-state index >= 15 is 0 Å². The Kier molecular flexibility index (Phi) is 5.20. The number of fused-ring (bicyclic) bond motifs is 4. The first-order valence-electron chi connectivity index (χ1n) is 12.0. The van der Waals surface area contributed by atoms with Crippen LogP contribution in [0.25, 0.3) is 65.3 Å². The van der Waals surface area contributed by atoms with Crippen LogP contribution in [0.3, 0.4) is 0 Å². The third kappa shape index (κ3) is 3.40. The van der Waals surface area contributed by atoms with E-state index in [1.807, 2.05) is 0 Å². The lowest BCUT2D eigenvalue weighted by atomic mass is 9.93. The molecule has 0 unspecified atom stereocenters. The monoisotopic (exact) mass is 586 g/mol. The minimum absolute atomic E-state index is 1.13. The average molecular weight is 588 g/mol. The molecule has 0 aliphatic carbocycles. The van der Waals surface area contributed by atoms with Crippen LogP contribution in [0.15, 0.2) is 130 Å². The molecule has 0 atom stereocenters. The summed E-state index contributed by atoms with van der Waals surface area (Å²) in [6, 6.07) is 43.8. The number of rotatable bonds is 2. The van der Waals surface area contributed by atoms with Crippen LogP contribution in [0, 0.1) is 0 Å². The van der Waals surface area contributed by atoms with E-state index in [-0.39, 0.29) is 0 Å². The van der Waals surface area contributed by atoms with Crippen LogP contribution in [-0.2, 0) is 0 Å². The van der Waals surface area contributed by atoms with Crippen molar-refractivity contribution in [1.82, 2.24) is 0 Å². The molecule has 0 fully saturated rings. The van der Waals surface area contributed by atoms with Gasteiger partial charge in [0.1, 0.15) is 0 Å². The molecule has 7 aromatic carbocycles. The van der Waals surface area contributed by atoms with Gasteiger partial charge >= 0.3 is 0 Å². The zero-order chi connectivity index (χ0) is 24.2. The van der Waals surface area contributed by atoms with Gasteiger partial charge in [0, 0.05) is 8.95 Å². The zero-order valence-electron chi connectivity index (χ0n) is 19.3. The van der Waals surface area contributed by atoms with Crippen molar-refractivity contribution in [3.8, 4) is 22.3 Å². The Balaban J connectivity index is 1.45. The van der Waals surface area contributed by atoms with Crippen LogP contribution in [0.4, 0.5) is 0 Å². The highest BCUT2D eigenvalue weighted by Gasteiger charge is 2.14. The van der Waals surface area contributed by atoms with Crippen molar-refractivity contribution in [3.05, 3.63) is 130 Å². The fraction of sp³-hybridized carbons (Fsp3) is 0. The molecule has 2 heteroatoms. The number of benzene rings is 7. The molecule has 0 saturated carbocycles. The van der Waals surface area contributed by atoms with E-state index in [1.165, 1.54) is 65.3 Å². The Labute approximate surface area is 226 Å². The Bertz CT molecular complexity index is 1810. The molecule has 0 N–H and O–H groups in total. The molecule has 0 saturated heterocycles. The molecule has 0 nitrogen and oxygen atoms in total. The fourth-order valence-electron chi connectivity index (χ4n) is 5.41. The van der Waals surface area contributed by atoms with Gasteiger partial charge < -0.3 is 0 Å². The van der Waals surface area contributed by atoms with Crippen LogP contribution in [0.2, 0.25) is 0 Å². The molecule has 0 aromatic heterocycles. The summed E-state index contributed by atoms with van der Waals surface area (Å²) in [5, 5.41) is 9.88. The summed E-state index contributed by atoms with van der Waals surface area (Å²) in [7, 11) is 0. The minimum atomic E-state index is 1.13. The predicted molar refractivity (Wildman–Crippen MR) is 163 cm³/mol. The number of hydrogen-bond donors (Lipinski definition) is 0. The molecule has 170 valence electrons. The lowest BCUT2D eigenvalue weighted by Crippen LogP contribution is -1.88. The number of halogens is 2. The average Bonchev–Trinajstić information content (AvgIpc) is 2.95. The van der Waals surface area contributed by atoms with E-state index in [0.717, 1.165) is 8.95 Å². The van der Waals surface area contributed by atoms with Crippen molar-refractivity contribution >= 4 is 74.9 Å². The van der Waals surface area contributed by atoms with Gasteiger partial charge in [0.05, 0.1) is 0 Å². The van der Waals surface area contributed by atoms with Crippen molar-refractivity contribution in [1.29, 1.82) is 0 Å². The standard InChI is InChI=1S/C34H20Br2/c35-33-30-18-16-24(28-14-6-10-22-8-2-4-12-26(22)28)20-32(30)34(36)29-17-15-23(19-31(29)33)27-13-5-9-21-7-1-3-11-25(21)27/h1-20H. The summed E-state index contributed by atoms with van der Waals surface area (Å²) in [6.07, 6.45) is 0. The lowest BCUT2D eigenvalue weighted by Gasteiger charge is -2.14. The first-order valence-corrected chi connectivity index (χ1v) is 13.6. The lowest BCUT2D eigenvalue weighted by molar-refractivity contribution is 1.66. The summed E-state index contributed by atoms with van der Waals surface area (Å²) in [6.45, 7) is 0. The summed E-state index contributed by atoms with van der Waals surface area (Å²) < 4.78 is 2.25. The van der Waals surface area contributed by atoms with Crippen LogP contribution in [0.5, 0.6) is 0 Å². The Hall–Kier alpha value is -3.46. The van der Waals surface area contributed by atoms with E-state index < -0.39 is 0 Å². The molecule has 7 rings (SSSR count). The molecular formula is C34H20Br2. The highest BCUT2D eigenvalue weighted by molar-refractivity contribution is 9.11. The molecule has 0 aliphatic rings. The Morgan fingerprint density at radius 1 is 0.333 bits per heavy atom. The maximum atomic E-state index is 3.97. The zero-order valence-corrected chi connectivity index (χ0v) is 22.5. The molecule has 36 heavy (non-hydrogen) atoms. The molecule has 0 bridgehead atoms. The highest BCUT2D eigenvalue weighted by Crippen LogP contribution is 2.43. The van der Waals surface area contributed by atoms with E-state index in [2.05, 4.69) is 153 Å². The molecular weight excluding hydrogens is 568 g/mol. The molecule has 0 amide bonds. The van der Waals surface area contributed by atoms with E-state index in [9.17, 15) is 0 Å². The third-order valence-corrected chi connectivity index (χ3v) is 8.89. The normalized spacial score (nSPS) is 11.6. The van der Waals surface area contributed by atoms with Crippen LogP contribution in [-0.4, -0.2) is 0 Å². The van der Waals surface area contributed by atoms with Crippen molar-refractivity contribution < 1.29 is 0 Å². The van der Waals surface area contributed by atoms with Gasteiger partial charge in [-0.3, -0.25) is 0 Å². The Morgan fingerprint density at radius 3 is 1.22 bits per heavy atom. The largest absolute Gasteiger partial charge is 0.0616 e. The third-order valence-electron chi connectivity index (χ3n) is 7.19. The number of hydrogen-bond acceptors (Lipinski definition) is 0. The van der Waals surface area contributed by atoms with Crippen LogP contribution < -0.4 is 0 Å². The molecule has 7 aromatic rings. The van der Waals surface area contributed by atoms with Gasteiger partial charge in [0.15, 0.2) is 0 Å².